The summed E-state index contributed by atoms with van der Waals surface area (Å²) in [5.74, 6) is -0.0562. The molecular weight excluding hydrogens is 444 g/mol. The van der Waals surface area contributed by atoms with Crippen LogP contribution in [0.5, 0.6) is 5.75 Å². The van der Waals surface area contributed by atoms with Crippen LogP contribution in [0.2, 0.25) is 0 Å². The normalized spacial score (nSPS) is 16.1. The van der Waals surface area contributed by atoms with Gasteiger partial charge in [0.25, 0.3) is 6.43 Å². The first-order valence-electron chi connectivity index (χ1n) is 10.1. The predicted octanol–water partition coefficient (Wildman–Crippen LogP) is 3.68. The van der Waals surface area contributed by atoms with Crippen LogP contribution < -0.4 is 10.7 Å². The van der Waals surface area contributed by atoms with Crippen LogP contribution in [-0.2, 0) is 9.53 Å². The molecule has 10 heteroatoms. The summed E-state index contributed by atoms with van der Waals surface area (Å²) in [7, 11) is 3.33. The number of carbonyl (C=O) groups is 1. The Morgan fingerprint density at radius 3 is 2.62 bits per heavy atom. The first kappa shape index (κ1) is 24.3. The second-order valence-corrected chi connectivity index (χ2v) is 7.12. The van der Waals surface area contributed by atoms with Gasteiger partial charge in [0.1, 0.15) is 17.2 Å². The highest BCUT2D eigenvalue weighted by Crippen LogP contribution is 2.26. The molecule has 1 heterocycles. The molecule has 34 heavy (non-hydrogen) atoms. The second-order valence-electron chi connectivity index (χ2n) is 7.12. The number of aromatic hydroxyl groups is 1. The number of nitrogen functional groups attached to an aromatic ring is 1. The van der Waals surface area contributed by atoms with Gasteiger partial charge < -0.3 is 15.6 Å². The number of carbonyl (C=O) groups excluding carboxylic acids is 1. The van der Waals surface area contributed by atoms with E-state index in [2.05, 4.69) is 15.1 Å². The molecule has 0 amide bonds. The Bertz CT molecular complexity index is 1200. The fourth-order valence-electron chi connectivity index (χ4n) is 3.08. The summed E-state index contributed by atoms with van der Waals surface area (Å²) in [6.07, 6.45) is 2.45. The summed E-state index contributed by atoms with van der Waals surface area (Å²) < 4.78 is 30.3. The maximum atomic E-state index is 12.6. The number of nitrogens with zero attached hydrogens (tertiary/aromatic N) is 4. The molecule has 0 saturated heterocycles. The number of alkyl halides is 2. The maximum Gasteiger partial charge on any atom is 0.272 e. The summed E-state index contributed by atoms with van der Waals surface area (Å²) in [5.41, 5.74) is 8.95. The van der Waals surface area contributed by atoms with Crippen LogP contribution in [0.25, 0.3) is 5.57 Å². The zero-order chi connectivity index (χ0) is 24.7. The van der Waals surface area contributed by atoms with Crippen LogP contribution in [0, 0.1) is 0 Å². The van der Waals surface area contributed by atoms with Crippen LogP contribution in [-0.4, -0.2) is 56.3 Å². The SMILES string of the molecule is CN=Cc1cc(N(C)/N=C2/C=CC(OCC(F)F)=N/C2=C(/C=O)c2ccc(O)cc2)ccc1N. The Kier molecular flexibility index (Phi) is 7.86. The van der Waals surface area contributed by atoms with E-state index in [1.807, 2.05) is 0 Å². The van der Waals surface area contributed by atoms with Gasteiger partial charge >= 0.3 is 0 Å². The van der Waals surface area contributed by atoms with E-state index in [9.17, 15) is 18.7 Å². The molecular formula is C24H23F2N5O3. The lowest BCUT2D eigenvalue weighted by atomic mass is 10.0. The van der Waals surface area contributed by atoms with E-state index < -0.39 is 13.0 Å². The van der Waals surface area contributed by atoms with Gasteiger partial charge in [-0.1, -0.05) is 12.1 Å². The number of allylic oxidation sites excluding steroid dienone is 2. The smallest absolute Gasteiger partial charge is 0.272 e. The van der Waals surface area contributed by atoms with Crippen molar-refractivity contribution in [3.05, 3.63) is 71.4 Å². The van der Waals surface area contributed by atoms with Gasteiger partial charge in [-0.25, -0.2) is 13.8 Å². The Morgan fingerprint density at radius 2 is 1.97 bits per heavy atom. The molecule has 1 aliphatic rings. The number of ether oxygens (including phenoxy) is 1. The number of dihydropyridines is 1. The summed E-state index contributed by atoms with van der Waals surface area (Å²) >= 11 is 0. The Morgan fingerprint density at radius 1 is 1.24 bits per heavy atom. The standard InChI is InChI=1S/C24H23F2N5O3/c1-28-12-16-11-17(5-8-20(16)27)31(2)30-21-9-10-23(34-14-22(25)26)29-24(21)19(13-32)15-3-6-18(33)7-4-15/h3-13,22,33H,14,27H2,1-2H3/b24-19-,28-12?,30-21-. The van der Waals surface area contributed by atoms with Crippen molar-refractivity contribution in [3.8, 4) is 5.75 Å². The first-order valence-corrected chi connectivity index (χ1v) is 10.1. The molecule has 0 radical (unpaired) electrons. The number of anilines is 2. The van der Waals surface area contributed by atoms with E-state index in [1.165, 1.54) is 36.4 Å². The number of benzene rings is 2. The highest BCUT2D eigenvalue weighted by atomic mass is 19.3. The molecule has 0 saturated carbocycles. The molecule has 3 rings (SSSR count). The summed E-state index contributed by atoms with van der Waals surface area (Å²) in [6.45, 7) is -0.842. The zero-order valence-electron chi connectivity index (χ0n) is 18.5. The lowest BCUT2D eigenvalue weighted by Crippen LogP contribution is -2.19. The van der Waals surface area contributed by atoms with Crippen LogP contribution in [0.3, 0.4) is 0 Å². The van der Waals surface area contributed by atoms with Crippen LogP contribution in [0.15, 0.2) is 75.4 Å². The average molecular weight is 467 g/mol. The van der Waals surface area contributed by atoms with Gasteiger partial charge in [0.15, 0.2) is 12.9 Å². The Hall–Kier alpha value is -4.34. The van der Waals surface area contributed by atoms with E-state index in [0.29, 0.717) is 34.5 Å². The molecule has 176 valence electrons. The van der Waals surface area contributed by atoms with Gasteiger partial charge in [0, 0.05) is 43.2 Å². The van der Waals surface area contributed by atoms with Crippen molar-refractivity contribution in [3.63, 3.8) is 0 Å². The number of aldehydes is 1. The van der Waals surface area contributed by atoms with Gasteiger partial charge in [0.05, 0.1) is 5.69 Å². The number of rotatable bonds is 7. The molecule has 1 aliphatic heterocycles. The van der Waals surface area contributed by atoms with Crippen molar-refractivity contribution >= 4 is 41.1 Å². The van der Waals surface area contributed by atoms with Crippen molar-refractivity contribution in [2.45, 2.75) is 6.43 Å². The summed E-state index contributed by atoms with van der Waals surface area (Å²) in [6, 6.07) is 11.2. The largest absolute Gasteiger partial charge is 0.508 e. The third-order valence-electron chi connectivity index (χ3n) is 4.73. The highest BCUT2D eigenvalue weighted by Gasteiger charge is 2.20. The first-order chi connectivity index (χ1) is 16.3. The quantitative estimate of drug-likeness (QED) is 0.212. The highest BCUT2D eigenvalue weighted by molar-refractivity contribution is 6.25. The van der Waals surface area contributed by atoms with E-state index >= 15 is 0 Å². The summed E-state index contributed by atoms with van der Waals surface area (Å²) in [4.78, 5) is 20.3. The molecule has 0 aromatic heterocycles. The summed E-state index contributed by atoms with van der Waals surface area (Å²) in [5, 5.41) is 15.7. The van der Waals surface area contributed by atoms with Gasteiger partial charge in [0.2, 0.25) is 5.90 Å². The van der Waals surface area contributed by atoms with Crippen molar-refractivity contribution in [1.82, 2.24) is 0 Å². The van der Waals surface area contributed by atoms with Crippen molar-refractivity contribution in [1.29, 1.82) is 0 Å². The van der Waals surface area contributed by atoms with E-state index in [1.54, 1.807) is 43.5 Å². The van der Waals surface area contributed by atoms with Gasteiger partial charge in [-0.2, -0.15) is 5.10 Å². The Balaban J connectivity index is 2.08. The van der Waals surface area contributed by atoms with Gasteiger partial charge in [-0.3, -0.25) is 14.8 Å². The van der Waals surface area contributed by atoms with Gasteiger partial charge in [-0.05, 0) is 42.0 Å². The molecule has 8 nitrogen and oxygen atoms in total. The molecule has 0 aliphatic carbocycles. The number of halogens is 2. The monoisotopic (exact) mass is 467 g/mol. The lowest BCUT2D eigenvalue weighted by Gasteiger charge is -2.19. The number of hydrogen-bond acceptors (Lipinski definition) is 8. The number of hydrogen-bond donors (Lipinski definition) is 2. The fraction of sp³-hybridized carbons (Fsp3) is 0.167. The van der Waals surface area contributed by atoms with Crippen LogP contribution in [0.1, 0.15) is 11.1 Å². The minimum atomic E-state index is -2.68. The third kappa shape index (κ3) is 5.91. The number of phenols is 1. The van der Waals surface area contributed by atoms with Gasteiger partial charge in [-0.15, -0.1) is 0 Å². The lowest BCUT2D eigenvalue weighted by molar-refractivity contribution is -0.103. The van der Waals surface area contributed by atoms with Crippen molar-refractivity contribution in [2.24, 2.45) is 15.1 Å². The minimum Gasteiger partial charge on any atom is -0.508 e. The maximum absolute atomic E-state index is 12.6. The molecule has 0 unspecified atom stereocenters. The van der Waals surface area contributed by atoms with Crippen LogP contribution in [0.4, 0.5) is 20.2 Å². The van der Waals surface area contributed by atoms with Crippen LogP contribution >= 0.6 is 0 Å². The zero-order valence-corrected chi connectivity index (χ0v) is 18.5. The van der Waals surface area contributed by atoms with E-state index in [0.717, 1.165) is 0 Å². The molecule has 0 fully saturated rings. The fourth-order valence-corrected chi connectivity index (χ4v) is 3.08. The molecule has 0 spiro atoms. The second kappa shape index (κ2) is 11.0. The van der Waals surface area contributed by atoms with Crippen molar-refractivity contribution < 1.29 is 23.4 Å². The van der Waals surface area contributed by atoms with E-state index in [-0.39, 0.29) is 22.9 Å². The Labute approximate surface area is 195 Å². The number of aliphatic imine (C=N–C) groups is 2. The number of nitrogens with two attached hydrogens (primary N) is 1. The molecule has 3 N–H and O–H groups in total. The topological polar surface area (TPSA) is 113 Å². The molecule has 2 aromatic rings. The molecule has 0 atom stereocenters. The average Bonchev–Trinajstić information content (AvgIpc) is 2.82. The van der Waals surface area contributed by atoms with Crippen molar-refractivity contribution in [2.75, 3.05) is 31.4 Å². The third-order valence-corrected chi connectivity index (χ3v) is 4.73. The number of hydrazone groups is 1. The number of phenolic OH excluding ortho intramolecular Hbond substituents is 1. The molecule has 0 bridgehead atoms. The molecule has 2 aromatic carbocycles. The predicted molar refractivity (Wildman–Crippen MR) is 130 cm³/mol. The minimum absolute atomic E-state index is 0.0235. The van der Waals surface area contributed by atoms with E-state index in [4.69, 9.17) is 10.5 Å².